The summed E-state index contributed by atoms with van der Waals surface area (Å²) in [4.78, 5) is 14.4. The minimum Gasteiger partial charge on any atom is -0.491 e. The Labute approximate surface area is 153 Å². The molecule has 0 bridgehead atoms. The van der Waals surface area contributed by atoms with Gasteiger partial charge in [0, 0.05) is 18.7 Å². The van der Waals surface area contributed by atoms with E-state index >= 15 is 0 Å². The van der Waals surface area contributed by atoms with Gasteiger partial charge >= 0.3 is 6.03 Å². The van der Waals surface area contributed by atoms with E-state index in [1.807, 2.05) is 59.5 Å². The lowest BCUT2D eigenvalue weighted by Crippen LogP contribution is -2.46. The minimum atomic E-state index is -0.462. The number of hydrogen-bond acceptors (Lipinski definition) is 3. The van der Waals surface area contributed by atoms with E-state index in [2.05, 4.69) is 5.32 Å². The van der Waals surface area contributed by atoms with E-state index in [1.54, 1.807) is 0 Å². The van der Waals surface area contributed by atoms with Gasteiger partial charge in [0.05, 0.1) is 12.1 Å². The summed E-state index contributed by atoms with van der Waals surface area (Å²) in [6, 6.07) is 17.4. The van der Waals surface area contributed by atoms with E-state index in [1.165, 1.54) is 0 Å². The first-order valence-electron chi connectivity index (χ1n) is 9.22. The van der Waals surface area contributed by atoms with E-state index in [9.17, 15) is 9.90 Å². The summed E-state index contributed by atoms with van der Waals surface area (Å²) in [6.45, 7) is 1.81. The number of aliphatic hydroxyl groups is 1. The zero-order chi connectivity index (χ0) is 17.9. The maximum atomic E-state index is 12.6. The van der Waals surface area contributed by atoms with Crippen LogP contribution >= 0.6 is 0 Å². The zero-order valence-electron chi connectivity index (χ0n) is 14.7. The van der Waals surface area contributed by atoms with Crippen molar-refractivity contribution in [2.45, 2.75) is 25.0 Å². The molecule has 1 saturated heterocycles. The SMILES string of the molecule is O=C(N[C@H]1COc2ccccc21)N1CCC([C@H](O)c2ccccc2)CC1. The maximum Gasteiger partial charge on any atom is 0.318 e. The molecule has 0 aliphatic carbocycles. The number of nitrogens with one attached hydrogen (secondary N) is 1. The highest BCUT2D eigenvalue weighted by atomic mass is 16.5. The average molecular weight is 352 g/mol. The maximum absolute atomic E-state index is 12.6. The highest BCUT2D eigenvalue weighted by molar-refractivity contribution is 5.75. The number of aliphatic hydroxyl groups excluding tert-OH is 1. The molecule has 0 aromatic heterocycles. The van der Waals surface area contributed by atoms with Gasteiger partial charge in [0.25, 0.3) is 0 Å². The molecule has 2 aliphatic heterocycles. The Morgan fingerprint density at radius 1 is 1.08 bits per heavy atom. The number of likely N-dealkylation sites (tertiary alicyclic amines) is 1. The number of piperidine rings is 1. The topological polar surface area (TPSA) is 61.8 Å². The van der Waals surface area contributed by atoms with Crippen LogP contribution in [0.1, 0.15) is 36.1 Å². The normalized spacial score (nSPS) is 21.0. The highest BCUT2D eigenvalue weighted by Gasteiger charge is 2.31. The first-order chi connectivity index (χ1) is 12.7. The molecule has 2 heterocycles. The van der Waals surface area contributed by atoms with Gasteiger partial charge in [-0.1, -0.05) is 48.5 Å². The summed E-state index contributed by atoms with van der Waals surface area (Å²) in [6.07, 6.45) is 1.15. The number of rotatable bonds is 3. The zero-order valence-corrected chi connectivity index (χ0v) is 14.7. The molecule has 136 valence electrons. The summed E-state index contributed by atoms with van der Waals surface area (Å²) in [7, 11) is 0. The predicted molar refractivity (Wildman–Crippen MR) is 98.9 cm³/mol. The second kappa shape index (κ2) is 7.38. The van der Waals surface area contributed by atoms with Gasteiger partial charge in [-0.15, -0.1) is 0 Å². The van der Waals surface area contributed by atoms with Crippen molar-refractivity contribution in [2.75, 3.05) is 19.7 Å². The summed E-state index contributed by atoms with van der Waals surface area (Å²) >= 11 is 0. The van der Waals surface area contributed by atoms with Crippen LogP contribution in [-0.2, 0) is 0 Å². The molecule has 26 heavy (non-hydrogen) atoms. The Hall–Kier alpha value is -2.53. The Balaban J connectivity index is 1.32. The smallest absolute Gasteiger partial charge is 0.318 e. The summed E-state index contributed by atoms with van der Waals surface area (Å²) < 4.78 is 5.63. The summed E-state index contributed by atoms with van der Waals surface area (Å²) in [5, 5.41) is 13.7. The van der Waals surface area contributed by atoms with Crippen LogP contribution in [0.5, 0.6) is 5.75 Å². The van der Waals surface area contributed by atoms with Crippen LogP contribution in [0, 0.1) is 5.92 Å². The fourth-order valence-electron chi connectivity index (χ4n) is 3.86. The Morgan fingerprint density at radius 3 is 2.54 bits per heavy atom. The number of ether oxygens (including phenoxy) is 1. The molecule has 5 heteroatoms. The molecule has 5 nitrogen and oxygen atoms in total. The largest absolute Gasteiger partial charge is 0.491 e. The third kappa shape index (κ3) is 3.40. The molecule has 2 aromatic carbocycles. The van der Waals surface area contributed by atoms with Gasteiger partial charge in [-0.3, -0.25) is 0 Å². The van der Waals surface area contributed by atoms with E-state index < -0.39 is 6.10 Å². The number of nitrogens with zero attached hydrogens (tertiary/aromatic N) is 1. The third-order valence-corrected chi connectivity index (χ3v) is 5.41. The second-order valence-electron chi connectivity index (χ2n) is 7.03. The molecule has 0 saturated carbocycles. The van der Waals surface area contributed by atoms with Crippen LogP contribution in [0.2, 0.25) is 0 Å². The lowest BCUT2D eigenvalue weighted by Gasteiger charge is -2.34. The number of hydrogen-bond donors (Lipinski definition) is 2. The van der Waals surface area contributed by atoms with E-state index in [0.717, 1.165) is 29.7 Å². The number of fused-ring (bicyclic) bond motifs is 1. The highest BCUT2D eigenvalue weighted by Crippen LogP contribution is 2.33. The van der Waals surface area contributed by atoms with E-state index in [-0.39, 0.29) is 18.0 Å². The number of benzene rings is 2. The molecule has 1 fully saturated rings. The van der Waals surface area contributed by atoms with Gasteiger partial charge < -0.3 is 20.1 Å². The molecule has 4 rings (SSSR count). The molecule has 0 spiro atoms. The summed E-state index contributed by atoms with van der Waals surface area (Å²) in [5.41, 5.74) is 1.99. The quantitative estimate of drug-likeness (QED) is 0.891. The van der Waals surface area contributed by atoms with Crippen molar-refractivity contribution in [2.24, 2.45) is 5.92 Å². The standard InChI is InChI=1S/C21H24N2O3/c24-20(15-6-2-1-3-7-15)16-10-12-23(13-11-16)21(25)22-18-14-26-19-9-5-4-8-17(18)19/h1-9,16,18,20,24H,10-14H2,(H,22,25)/t18-,20+/m0/s1. The van der Waals surface area contributed by atoms with Gasteiger partial charge in [-0.2, -0.15) is 0 Å². The average Bonchev–Trinajstić information content (AvgIpc) is 3.11. The van der Waals surface area contributed by atoms with Gasteiger partial charge in [0.2, 0.25) is 0 Å². The molecule has 0 radical (unpaired) electrons. The number of urea groups is 1. The minimum absolute atomic E-state index is 0.0528. The van der Waals surface area contributed by atoms with Crippen molar-refractivity contribution >= 4 is 6.03 Å². The number of carbonyl (C=O) groups excluding carboxylic acids is 1. The van der Waals surface area contributed by atoms with Crippen LogP contribution in [-0.4, -0.2) is 35.7 Å². The van der Waals surface area contributed by atoms with Gasteiger partial charge in [0.1, 0.15) is 12.4 Å². The van der Waals surface area contributed by atoms with Crippen LogP contribution in [0.15, 0.2) is 54.6 Å². The van der Waals surface area contributed by atoms with Crippen molar-refractivity contribution in [3.63, 3.8) is 0 Å². The van der Waals surface area contributed by atoms with Gasteiger partial charge in [-0.05, 0) is 30.4 Å². The number of carbonyl (C=O) groups is 1. The molecular weight excluding hydrogens is 328 g/mol. The number of amides is 2. The second-order valence-corrected chi connectivity index (χ2v) is 7.03. The van der Waals surface area contributed by atoms with Crippen LogP contribution in [0.4, 0.5) is 4.79 Å². The van der Waals surface area contributed by atoms with E-state index in [4.69, 9.17) is 4.74 Å². The monoisotopic (exact) mass is 352 g/mol. The molecule has 2 atom stereocenters. The third-order valence-electron chi connectivity index (χ3n) is 5.41. The fraction of sp³-hybridized carbons (Fsp3) is 0.381. The Kier molecular flexibility index (Phi) is 4.80. The van der Waals surface area contributed by atoms with Crippen LogP contribution in [0.25, 0.3) is 0 Å². The molecule has 0 unspecified atom stereocenters. The molecule has 2 amide bonds. The van der Waals surface area contributed by atoms with Crippen molar-refractivity contribution < 1.29 is 14.6 Å². The van der Waals surface area contributed by atoms with Crippen molar-refractivity contribution in [1.82, 2.24) is 10.2 Å². The predicted octanol–water partition coefficient (Wildman–Crippen LogP) is 3.28. The Bertz CT molecular complexity index is 757. The number of para-hydroxylation sites is 1. The molecule has 2 aromatic rings. The molecular formula is C21H24N2O3. The lowest BCUT2D eigenvalue weighted by molar-refractivity contribution is 0.0660. The lowest BCUT2D eigenvalue weighted by atomic mass is 9.87. The van der Waals surface area contributed by atoms with Crippen LogP contribution in [0.3, 0.4) is 0 Å². The fourth-order valence-corrected chi connectivity index (χ4v) is 3.86. The van der Waals surface area contributed by atoms with Gasteiger partial charge in [0.15, 0.2) is 0 Å². The first-order valence-corrected chi connectivity index (χ1v) is 9.22. The molecule has 2 aliphatic rings. The van der Waals surface area contributed by atoms with Gasteiger partial charge in [-0.25, -0.2) is 4.79 Å². The molecule has 2 N–H and O–H groups in total. The van der Waals surface area contributed by atoms with Crippen molar-refractivity contribution in [3.05, 3.63) is 65.7 Å². The van der Waals surface area contributed by atoms with Crippen LogP contribution < -0.4 is 10.1 Å². The first kappa shape index (κ1) is 16.9. The van der Waals surface area contributed by atoms with E-state index in [0.29, 0.717) is 19.7 Å². The van der Waals surface area contributed by atoms with Crippen molar-refractivity contribution in [1.29, 1.82) is 0 Å². The Morgan fingerprint density at radius 2 is 1.77 bits per heavy atom. The summed E-state index contributed by atoms with van der Waals surface area (Å²) in [5.74, 6) is 1.04. The van der Waals surface area contributed by atoms with Crippen molar-refractivity contribution in [3.8, 4) is 5.75 Å².